The second kappa shape index (κ2) is 7.40. The van der Waals surface area contributed by atoms with E-state index in [1.54, 1.807) is 0 Å². The highest BCUT2D eigenvalue weighted by Crippen LogP contribution is 2.19. The number of nitrogens with zero attached hydrogens (tertiary/aromatic N) is 2. The van der Waals surface area contributed by atoms with Crippen LogP contribution in [0.15, 0.2) is 12.2 Å². The summed E-state index contributed by atoms with van der Waals surface area (Å²) in [7, 11) is 0. The Hall–Kier alpha value is -1.16. The number of carbonyl (C=O) groups excluding carboxylic acids is 2. The van der Waals surface area contributed by atoms with Crippen molar-refractivity contribution >= 4 is 11.7 Å². The molecule has 22 heavy (non-hydrogen) atoms. The Bertz CT molecular complexity index is 419. The van der Waals surface area contributed by atoms with Crippen molar-refractivity contribution in [3.8, 4) is 0 Å². The van der Waals surface area contributed by atoms with Crippen LogP contribution in [0, 0.1) is 10.8 Å². The van der Waals surface area contributed by atoms with Crippen molar-refractivity contribution in [1.82, 2.24) is 9.80 Å². The van der Waals surface area contributed by atoms with Crippen molar-refractivity contribution in [3.05, 3.63) is 12.2 Å². The Kier molecular flexibility index (Phi) is 6.36. The van der Waals surface area contributed by atoms with Gasteiger partial charge >= 0.3 is 0 Å². The predicted octanol–water partition coefficient (Wildman–Crippen LogP) is 2.74. The van der Waals surface area contributed by atoms with Crippen LogP contribution in [0.5, 0.6) is 0 Å². The molecular formula is C18H32N2O2. The van der Waals surface area contributed by atoms with Gasteiger partial charge in [0, 0.05) is 37.7 Å². The lowest BCUT2D eigenvalue weighted by Gasteiger charge is -2.35. The minimum atomic E-state index is -0.428. The summed E-state index contributed by atoms with van der Waals surface area (Å²) in [5.41, 5.74) is -0.0779. The number of allylic oxidation sites excluding steroid dienone is 1. The second-order valence-corrected chi connectivity index (χ2v) is 8.43. The van der Waals surface area contributed by atoms with Gasteiger partial charge in [0.2, 0.25) is 5.91 Å². The van der Waals surface area contributed by atoms with Crippen LogP contribution in [0.4, 0.5) is 0 Å². The van der Waals surface area contributed by atoms with Crippen LogP contribution in [0.25, 0.3) is 0 Å². The van der Waals surface area contributed by atoms with E-state index in [1.807, 2.05) is 25.7 Å². The molecule has 1 fully saturated rings. The fraction of sp³-hybridized carbons (Fsp3) is 0.778. The Balaban J connectivity index is 2.40. The Morgan fingerprint density at radius 1 is 0.909 bits per heavy atom. The van der Waals surface area contributed by atoms with Crippen LogP contribution in [0.1, 0.15) is 48.0 Å². The van der Waals surface area contributed by atoms with E-state index in [4.69, 9.17) is 0 Å². The topological polar surface area (TPSA) is 40.6 Å². The quantitative estimate of drug-likeness (QED) is 0.750. The molecule has 1 heterocycles. The first-order valence-corrected chi connectivity index (χ1v) is 8.23. The van der Waals surface area contributed by atoms with Crippen LogP contribution in [-0.4, -0.2) is 54.2 Å². The summed E-state index contributed by atoms with van der Waals surface area (Å²) in [6.45, 7) is 16.8. The molecule has 0 radical (unpaired) electrons. The van der Waals surface area contributed by atoms with E-state index in [0.29, 0.717) is 5.41 Å². The SMILES string of the molecule is CC(C)(C)CCN1CCN(C(=O)/C=C/C(=O)C(C)(C)C)CC1. The summed E-state index contributed by atoms with van der Waals surface area (Å²) in [4.78, 5) is 28.2. The average molecular weight is 308 g/mol. The van der Waals surface area contributed by atoms with E-state index < -0.39 is 5.41 Å². The zero-order valence-electron chi connectivity index (χ0n) is 15.1. The number of amides is 1. The summed E-state index contributed by atoms with van der Waals surface area (Å²) < 4.78 is 0. The third kappa shape index (κ3) is 6.73. The zero-order valence-corrected chi connectivity index (χ0v) is 15.1. The molecule has 0 spiro atoms. The maximum absolute atomic E-state index is 12.1. The van der Waals surface area contributed by atoms with E-state index in [0.717, 1.165) is 32.7 Å². The molecule has 1 aliphatic heterocycles. The molecule has 1 amide bonds. The minimum absolute atomic E-state index is 0.00957. The highest BCUT2D eigenvalue weighted by atomic mass is 16.2. The summed E-state index contributed by atoms with van der Waals surface area (Å²) in [6, 6.07) is 0. The molecule has 0 aromatic rings. The van der Waals surface area contributed by atoms with Crippen LogP contribution in [0.2, 0.25) is 0 Å². The van der Waals surface area contributed by atoms with Gasteiger partial charge in [-0.2, -0.15) is 0 Å². The van der Waals surface area contributed by atoms with Crippen molar-refractivity contribution in [3.63, 3.8) is 0 Å². The number of rotatable bonds is 4. The average Bonchev–Trinajstić information content (AvgIpc) is 2.40. The van der Waals surface area contributed by atoms with Gasteiger partial charge in [-0.15, -0.1) is 0 Å². The van der Waals surface area contributed by atoms with Crippen molar-refractivity contribution in [2.75, 3.05) is 32.7 Å². The predicted molar refractivity (Wildman–Crippen MR) is 90.7 cm³/mol. The van der Waals surface area contributed by atoms with Gasteiger partial charge in [0.15, 0.2) is 5.78 Å². The molecule has 1 saturated heterocycles. The molecule has 0 aromatic heterocycles. The van der Waals surface area contributed by atoms with Crippen LogP contribution < -0.4 is 0 Å². The Labute approximate surface area is 135 Å². The molecule has 0 saturated carbocycles. The van der Waals surface area contributed by atoms with Gasteiger partial charge in [-0.05, 0) is 24.5 Å². The van der Waals surface area contributed by atoms with Crippen molar-refractivity contribution in [1.29, 1.82) is 0 Å². The molecule has 0 bridgehead atoms. The van der Waals surface area contributed by atoms with Crippen molar-refractivity contribution in [2.24, 2.45) is 10.8 Å². The smallest absolute Gasteiger partial charge is 0.246 e. The zero-order chi connectivity index (χ0) is 17.0. The maximum Gasteiger partial charge on any atom is 0.246 e. The molecule has 126 valence electrons. The van der Waals surface area contributed by atoms with Gasteiger partial charge in [-0.3, -0.25) is 14.5 Å². The fourth-order valence-corrected chi connectivity index (χ4v) is 2.19. The largest absolute Gasteiger partial charge is 0.337 e. The van der Waals surface area contributed by atoms with Gasteiger partial charge in [-0.1, -0.05) is 41.5 Å². The molecule has 4 heteroatoms. The van der Waals surface area contributed by atoms with E-state index in [-0.39, 0.29) is 11.7 Å². The molecule has 1 aliphatic rings. The van der Waals surface area contributed by atoms with E-state index in [2.05, 4.69) is 25.7 Å². The lowest BCUT2D eigenvalue weighted by atomic mass is 9.90. The molecule has 0 aromatic carbocycles. The van der Waals surface area contributed by atoms with Gasteiger partial charge in [-0.25, -0.2) is 0 Å². The fourth-order valence-electron chi connectivity index (χ4n) is 2.19. The lowest BCUT2D eigenvalue weighted by Crippen LogP contribution is -2.48. The lowest BCUT2D eigenvalue weighted by molar-refractivity contribution is -0.128. The first-order chi connectivity index (χ1) is 9.99. The highest BCUT2D eigenvalue weighted by Gasteiger charge is 2.22. The summed E-state index contributed by atoms with van der Waals surface area (Å²) in [5.74, 6) is -0.0577. The van der Waals surface area contributed by atoms with Gasteiger partial charge in [0.1, 0.15) is 0 Å². The third-order valence-corrected chi connectivity index (χ3v) is 3.98. The summed E-state index contributed by atoms with van der Waals surface area (Å²) in [5, 5.41) is 0. The highest BCUT2D eigenvalue weighted by molar-refractivity contribution is 6.00. The Morgan fingerprint density at radius 2 is 1.45 bits per heavy atom. The minimum Gasteiger partial charge on any atom is -0.337 e. The van der Waals surface area contributed by atoms with Crippen molar-refractivity contribution in [2.45, 2.75) is 48.0 Å². The number of ketones is 1. The van der Waals surface area contributed by atoms with E-state index in [9.17, 15) is 9.59 Å². The summed E-state index contributed by atoms with van der Waals surface area (Å²) in [6.07, 6.45) is 4.02. The van der Waals surface area contributed by atoms with Gasteiger partial charge in [0.05, 0.1) is 0 Å². The molecular weight excluding hydrogens is 276 g/mol. The van der Waals surface area contributed by atoms with Crippen molar-refractivity contribution < 1.29 is 9.59 Å². The molecule has 0 aliphatic carbocycles. The molecule has 1 rings (SSSR count). The van der Waals surface area contributed by atoms with Gasteiger partial charge < -0.3 is 4.90 Å². The number of hydrogen-bond acceptors (Lipinski definition) is 3. The standard InChI is InChI=1S/C18H32N2O2/c1-17(2,3)9-10-19-11-13-20(14-12-19)16(22)8-7-15(21)18(4,5)6/h7-8H,9-14H2,1-6H3/b8-7+. The number of carbonyl (C=O) groups is 2. The normalized spacial score (nSPS) is 18.0. The molecule has 4 nitrogen and oxygen atoms in total. The van der Waals surface area contributed by atoms with Crippen LogP contribution >= 0.6 is 0 Å². The Morgan fingerprint density at radius 3 is 1.91 bits per heavy atom. The maximum atomic E-state index is 12.1. The molecule has 0 atom stereocenters. The number of hydrogen-bond donors (Lipinski definition) is 0. The van der Waals surface area contributed by atoms with Gasteiger partial charge in [0.25, 0.3) is 0 Å². The monoisotopic (exact) mass is 308 g/mol. The van der Waals surface area contributed by atoms with Crippen LogP contribution in [-0.2, 0) is 9.59 Å². The van der Waals surface area contributed by atoms with E-state index >= 15 is 0 Å². The van der Waals surface area contributed by atoms with Crippen LogP contribution in [0.3, 0.4) is 0 Å². The van der Waals surface area contributed by atoms with E-state index in [1.165, 1.54) is 18.6 Å². The molecule has 0 N–H and O–H groups in total. The summed E-state index contributed by atoms with van der Waals surface area (Å²) >= 11 is 0. The number of piperazine rings is 1. The first kappa shape index (κ1) is 18.9. The molecule has 0 unspecified atom stereocenters. The second-order valence-electron chi connectivity index (χ2n) is 8.43. The first-order valence-electron chi connectivity index (χ1n) is 8.23. The third-order valence-electron chi connectivity index (χ3n) is 3.98.